The average molecular weight is 156 g/mol. The first-order valence-corrected chi connectivity index (χ1v) is 4.50. The van der Waals surface area contributed by atoms with Crippen molar-refractivity contribution in [3.63, 3.8) is 0 Å². The third-order valence-electron chi connectivity index (χ3n) is 1.58. The van der Waals surface area contributed by atoms with Crippen LogP contribution in [0.2, 0.25) is 0 Å². The molecule has 0 aliphatic heterocycles. The molecule has 0 spiro atoms. The molecule has 2 heteroatoms. The minimum absolute atomic E-state index is 0.915. The summed E-state index contributed by atoms with van der Waals surface area (Å²) in [6.07, 6.45) is 10.6. The van der Waals surface area contributed by atoms with Crippen molar-refractivity contribution in [2.24, 2.45) is 5.84 Å². The van der Waals surface area contributed by atoms with Crippen LogP contribution in [-0.4, -0.2) is 6.54 Å². The molecule has 0 bridgehead atoms. The van der Waals surface area contributed by atoms with Crippen molar-refractivity contribution in [1.29, 1.82) is 0 Å². The van der Waals surface area contributed by atoms with Gasteiger partial charge < -0.3 is 0 Å². The van der Waals surface area contributed by atoms with E-state index in [1.165, 1.54) is 19.3 Å². The molecular weight excluding hydrogens is 136 g/mol. The lowest BCUT2D eigenvalue weighted by Crippen LogP contribution is -2.22. The molecule has 0 unspecified atom stereocenters. The normalized spacial score (nSPS) is 11.1. The van der Waals surface area contributed by atoms with Crippen LogP contribution in [0.4, 0.5) is 0 Å². The number of hydrazine groups is 1. The van der Waals surface area contributed by atoms with E-state index in [2.05, 4.69) is 24.5 Å². The Kier molecular flexibility index (Phi) is 9.36. The molecule has 0 aliphatic rings. The highest BCUT2D eigenvalue weighted by atomic mass is 15.2. The predicted octanol–water partition coefficient (Wildman–Crippen LogP) is 1.98. The van der Waals surface area contributed by atoms with E-state index < -0.39 is 0 Å². The van der Waals surface area contributed by atoms with Crippen LogP contribution in [0.5, 0.6) is 0 Å². The molecule has 0 aromatic rings. The van der Waals surface area contributed by atoms with E-state index in [-0.39, 0.29) is 0 Å². The maximum absolute atomic E-state index is 5.12. The molecule has 0 atom stereocenters. The number of rotatable bonds is 7. The van der Waals surface area contributed by atoms with Crippen LogP contribution in [-0.2, 0) is 0 Å². The zero-order valence-corrected chi connectivity index (χ0v) is 7.47. The fraction of sp³-hybridized carbons (Fsp3) is 0.778. The lowest BCUT2D eigenvalue weighted by atomic mass is 10.2. The van der Waals surface area contributed by atoms with Gasteiger partial charge in [-0.1, -0.05) is 31.9 Å². The van der Waals surface area contributed by atoms with Crippen molar-refractivity contribution in [3.8, 4) is 0 Å². The van der Waals surface area contributed by atoms with E-state index in [1.54, 1.807) is 0 Å². The first-order chi connectivity index (χ1) is 5.41. The van der Waals surface area contributed by atoms with E-state index >= 15 is 0 Å². The van der Waals surface area contributed by atoms with E-state index in [0.717, 1.165) is 19.4 Å². The van der Waals surface area contributed by atoms with Crippen LogP contribution in [0, 0.1) is 0 Å². The lowest BCUT2D eigenvalue weighted by molar-refractivity contribution is 0.686. The van der Waals surface area contributed by atoms with Gasteiger partial charge in [-0.2, -0.15) is 0 Å². The summed E-state index contributed by atoms with van der Waals surface area (Å²) in [6.45, 7) is 3.13. The fourth-order valence-electron chi connectivity index (χ4n) is 0.880. The van der Waals surface area contributed by atoms with Crippen LogP contribution in [0.1, 0.15) is 39.0 Å². The maximum Gasteiger partial charge on any atom is 0.0100 e. The molecule has 0 heterocycles. The largest absolute Gasteiger partial charge is 0.271 e. The zero-order chi connectivity index (χ0) is 8.36. The van der Waals surface area contributed by atoms with Gasteiger partial charge in [0, 0.05) is 6.54 Å². The van der Waals surface area contributed by atoms with Crippen LogP contribution < -0.4 is 11.3 Å². The highest BCUT2D eigenvalue weighted by molar-refractivity contribution is 4.81. The summed E-state index contributed by atoms with van der Waals surface area (Å²) in [5, 5.41) is 0. The number of allylic oxidation sites excluding steroid dienone is 2. The molecule has 3 N–H and O–H groups in total. The minimum atomic E-state index is 0.915. The number of hydrogen-bond acceptors (Lipinski definition) is 2. The van der Waals surface area contributed by atoms with Crippen molar-refractivity contribution in [3.05, 3.63) is 12.2 Å². The monoisotopic (exact) mass is 156 g/mol. The number of unbranched alkanes of at least 4 members (excludes halogenated alkanes) is 3. The molecule has 11 heavy (non-hydrogen) atoms. The quantitative estimate of drug-likeness (QED) is 0.256. The Balaban J connectivity index is 2.91. The molecule has 2 nitrogen and oxygen atoms in total. The summed E-state index contributed by atoms with van der Waals surface area (Å²) in [4.78, 5) is 0. The van der Waals surface area contributed by atoms with Crippen LogP contribution >= 0.6 is 0 Å². The van der Waals surface area contributed by atoms with Crippen molar-refractivity contribution in [1.82, 2.24) is 5.43 Å². The van der Waals surface area contributed by atoms with Crippen LogP contribution in [0.3, 0.4) is 0 Å². The standard InChI is InChI=1S/C9H20N2/c1-2-3-4-5-6-7-8-9-11-10/h5-6,11H,2-4,7-10H2,1H3. The number of hydrogen-bond donors (Lipinski definition) is 2. The van der Waals surface area contributed by atoms with Gasteiger partial charge in [0.15, 0.2) is 0 Å². The third kappa shape index (κ3) is 9.66. The fourth-order valence-corrected chi connectivity index (χ4v) is 0.880. The molecule has 0 aliphatic carbocycles. The predicted molar refractivity (Wildman–Crippen MR) is 50.1 cm³/mol. The first-order valence-electron chi connectivity index (χ1n) is 4.50. The van der Waals surface area contributed by atoms with Crippen molar-refractivity contribution in [2.45, 2.75) is 39.0 Å². The molecule has 0 rings (SSSR count). The zero-order valence-electron chi connectivity index (χ0n) is 7.47. The molecule has 0 saturated carbocycles. The van der Waals surface area contributed by atoms with E-state index in [9.17, 15) is 0 Å². The minimum Gasteiger partial charge on any atom is -0.271 e. The second kappa shape index (κ2) is 9.66. The van der Waals surface area contributed by atoms with Crippen molar-refractivity contribution < 1.29 is 0 Å². The van der Waals surface area contributed by atoms with E-state index in [1.807, 2.05) is 0 Å². The molecule has 0 radical (unpaired) electrons. The van der Waals surface area contributed by atoms with Gasteiger partial charge in [0.25, 0.3) is 0 Å². The lowest BCUT2D eigenvalue weighted by Gasteiger charge is -1.93. The third-order valence-corrected chi connectivity index (χ3v) is 1.58. The second-order valence-electron chi connectivity index (χ2n) is 2.71. The molecular formula is C9H20N2. The summed E-state index contributed by atoms with van der Waals surface area (Å²) in [6, 6.07) is 0. The Bertz CT molecular complexity index is 89.6. The van der Waals surface area contributed by atoms with Crippen molar-refractivity contribution >= 4 is 0 Å². The van der Waals surface area contributed by atoms with Gasteiger partial charge in [-0.3, -0.25) is 11.3 Å². The Morgan fingerprint density at radius 3 is 2.36 bits per heavy atom. The van der Waals surface area contributed by atoms with Gasteiger partial charge >= 0.3 is 0 Å². The Hall–Kier alpha value is -0.340. The van der Waals surface area contributed by atoms with Crippen LogP contribution in [0.15, 0.2) is 12.2 Å². The molecule has 0 aromatic heterocycles. The van der Waals surface area contributed by atoms with Gasteiger partial charge in [-0.15, -0.1) is 0 Å². The topological polar surface area (TPSA) is 38.0 Å². The molecule has 0 aromatic carbocycles. The summed E-state index contributed by atoms with van der Waals surface area (Å²) >= 11 is 0. The van der Waals surface area contributed by atoms with Crippen molar-refractivity contribution in [2.75, 3.05) is 6.54 Å². The molecule has 0 saturated heterocycles. The van der Waals surface area contributed by atoms with Gasteiger partial charge in [0.1, 0.15) is 0 Å². The Morgan fingerprint density at radius 1 is 1.18 bits per heavy atom. The molecule has 0 fully saturated rings. The first kappa shape index (κ1) is 10.7. The van der Waals surface area contributed by atoms with Gasteiger partial charge in [0.2, 0.25) is 0 Å². The summed E-state index contributed by atoms with van der Waals surface area (Å²) in [5.74, 6) is 5.12. The van der Waals surface area contributed by atoms with E-state index in [4.69, 9.17) is 5.84 Å². The smallest absolute Gasteiger partial charge is 0.0100 e. The number of nitrogens with one attached hydrogen (secondary N) is 1. The maximum atomic E-state index is 5.12. The molecule has 0 amide bonds. The Morgan fingerprint density at radius 2 is 1.82 bits per heavy atom. The van der Waals surface area contributed by atoms with E-state index in [0.29, 0.717) is 0 Å². The van der Waals surface area contributed by atoms with Gasteiger partial charge in [-0.25, -0.2) is 0 Å². The summed E-state index contributed by atoms with van der Waals surface area (Å²) < 4.78 is 0. The van der Waals surface area contributed by atoms with Gasteiger partial charge in [-0.05, 0) is 19.3 Å². The average Bonchev–Trinajstić information content (AvgIpc) is 2.03. The Labute approximate surface area is 69.8 Å². The summed E-state index contributed by atoms with van der Waals surface area (Å²) in [5.41, 5.74) is 2.64. The SMILES string of the molecule is CCCCC=CCCCNN. The number of nitrogens with two attached hydrogens (primary N) is 1. The van der Waals surface area contributed by atoms with Crippen LogP contribution in [0.25, 0.3) is 0 Å². The second-order valence-corrected chi connectivity index (χ2v) is 2.71. The summed E-state index contributed by atoms with van der Waals surface area (Å²) in [7, 11) is 0. The highest BCUT2D eigenvalue weighted by Crippen LogP contribution is 1.97. The molecule has 66 valence electrons. The highest BCUT2D eigenvalue weighted by Gasteiger charge is 1.80. The van der Waals surface area contributed by atoms with Gasteiger partial charge in [0.05, 0.1) is 0 Å².